The first-order valence-electron chi connectivity index (χ1n) is 7.59. The van der Waals surface area contributed by atoms with Crippen LogP contribution in [0.3, 0.4) is 0 Å². The largest absolute Gasteiger partial charge is 0.323 e. The number of hydrogen-bond donors (Lipinski definition) is 1. The van der Waals surface area contributed by atoms with Crippen molar-refractivity contribution < 1.29 is 9.59 Å². The number of rotatable bonds is 6. The van der Waals surface area contributed by atoms with Gasteiger partial charge in [-0.3, -0.25) is 9.59 Å². The highest BCUT2D eigenvalue weighted by Crippen LogP contribution is 2.29. The van der Waals surface area contributed by atoms with Crippen molar-refractivity contribution in [1.82, 2.24) is 0 Å². The van der Waals surface area contributed by atoms with Crippen LogP contribution >= 0.6 is 11.6 Å². The molecule has 0 bridgehead atoms. The Kier molecular flexibility index (Phi) is 5.97. The Morgan fingerprint density at radius 1 is 1.32 bits per heavy atom. The van der Waals surface area contributed by atoms with Gasteiger partial charge in [0.05, 0.1) is 16.8 Å². The van der Waals surface area contributed by atoms with Crippen molar-refractivity contribution in [2.45, 2.75) is 38.5 Å². The molecule has 5 heteroatoms. The number of amides is 1. The fourth-order valence-electron chi connectivity index (χ4n) is 2.83. The molecule has 0 spiro atoms. The number of Topliss-reactive ketones (excluding diaryl/α,β-unsaturated/α-hetero) is 1. The van der Waals surface area contributed by atoms with Crippen molar-refractivity contribution >= 4 is 29.0 Å². The van der Waals surface area contributed by atoms with E-state index in [0.29, 0.717) is 23.0 Å². The van der Waals surface area contributed by atoms with Gasteiger partial charge in [-0.25, -0.2) is 0 Å². The van der Waals surface area contributed by atoms with Crippen LogP contribution < -0.4 is 5.32 Å². The van der Waals surface area contributed by atoms with Gasteiger partial charge in [0.25, 0.3) is 0 Å². The Hall–Kier alpha value is -1.86. The summed E-state index contributed by atoms with van der Waals surface area (Å²) in [5.74, 6) is -1.61. The van der Waals surface area contributed by atoms with Crippen LogP contribution in [-0.4, -0.2) is 11.7 Å². The van der Waals surface area contributed by atoms with Gasteiger partial charge in [0.1, 0.15) is 0 Å². The maximum atomic E-state index is 12.1. The molecule has 0 unspecified atom stereocenters. The maximum Gasteiger partial charge on any atom is 0.249 e. The average molecular weight is 319 g/mol. The van der Waals surface area contributed by atoms with Gasteiger partial charge in [-0.05, 0) is 24.5 Å². The van der Waals surface area contributed by atoms with E-state index in [1.165, 1.54) is 12.8 Å². The number of nitriles is 1. The second-order valence-corrected chi connectivity index (χ2v) is 6.09. The van der Waals surface area contributed by atoms with E-state index in [1.54, 1.807) is 24.3 Å². The lowest BCUT2D eigenvalue weighted by atomic mass is 9.94. The monoisotopic (exact) mass is 318 g/mol. The second-order valence-electron chi connectivity index (χ2n) is 5.69. The molecule has 4 nitrogen and oxygen atoms in total. The van der Waals surface area contributed by atoms with Gasteiger partial charge in [0, 0.05) is 6.42 Å². The number of ketones is 1. The molecule has 22 heavy (non-hydrogen) atoms. The predicted molar refractivity (Wildman–Crippen MR) is 85.4 cm³/mol. The van der Waals surface area contributed by atoms with Crippen molar-refractivity contribution in [2.75, 3.05) is 5.32 Å². The zero-order valence-electron chi connectivity index (χ0n) is 12.3. The molecule has 116 valence electrons. The smallest absolute Gasteiger partial charge is 0.249 e. The van der Waals surface area contributed by atoms with Crippen molar-refractivity contribution in [3.63, 3.8) is 0 Å². The molecule has 2 rings (SSSR count). The molecule has 1 aromatic rings. The van der Waals surface area contributed by atoms with Crippen molar-refractivity contribution in [2.24, 2.45) is 11.8 Å². The van der Waals surface area contributed by atoms with Gasteiger partial charge in [-0.1, -0.05) is 49.4 Å². The molecule has 0 radical (unpaired) electrons. The first-order chi connectivity index (χ1) is 10.6. The third-order valence-electron chi connectivity index (χ3n) is 4.12. The minimum absolute atomic E-state index is 0.291. The summed E-state index contributed by atoms with van der Waals surface area (Å²) in [7, 11) is 0. The number of anilines is 1. The van der Waals surface area contributed by atoms with Crippen LogP contribution in [0, 0.1) is 23.2 Å². The Labute approximate surface area is 135 Å². The number of carbonyl (C=O) groups is 2. The molecule has 1 saturated carbocycles. The van der Waals surface area contributed by atoms with Crippen LogP contribution in [0.15, 0.2) is 24.3 Å². The van der Waals surface area contributed by atoms with E-state index in [2.05, 4.69) is 5.32 Å². The minimum atomic E-state index is -1.27. The highest BCUT2D eigenvalue weighted by atomic mass is 35.5. The fraction of sp³-hybridized carbons (Fsp3) is 0.471. The molecule has 1 amide bonds. The summed E-state index contributed by atoms with van der Waals surface area (Å²) in [6.45, 7) is 0. The molecular weight excluding hydrogens is 300 g/mol. The van der Waals surface area contributed by atoms with E-state index in [9.17, 15) is 9.59 Å². The first kappa shape index (κ1) is 16.5. The molecule has 1 aliphatic rings. The lowest BCUT2D eigenvalue weighted by Gasteiger charge is -2.12. The standard InChI is InChI=1S/C17H19ClN2O2/c18-14-7-3-4-8-15(14)20-17(22)13(11-19)16(21)10-9-12-5-1-2-6-12/h3-4,7-8,12-13H,1-2,5-6,9-10H2,(H,20,22)/t13-/m1/s1. The number of halogens is 1. The minimum Gasteiger partial charge on any atom is -0.323 e. The predicted octanol–water partition coefficient (Wildman–Crippen LogP) is 3.96. The molecule has 0 aromatic heterocycles. The summed E-state index contributed by atoms with van der Waals surface area (Å²) >= 11 is 5.96. The van der Waals surface area contributed by atoms with E-state index in [0.717, 1.165) is 19.3 Å². The Bertz CT molecular complexity index is 589. The van der Waals surface area contributed by atoms with Crippen LogP contribution in [0.1, 0.15) is 38.5 Å². The summed E-state index contributed by atoms with van der Waals surface area (Å²) in [5.41, 5.74) is 0.415. The van der Waals surface area contributed by atoms with Gasteiger partial charge in [0.15, 0.2) is 11.7 Å². The van der Waals surface area contributed by atoms with Crippen molar-refractivity contribution in [3.8, 4) is 6.07 Å². The lowest BCUT2D eigenvalue weighted by Crippen LogP contribution is -2.28. The summed E-state index contributed by atoms with van der Waals surface area (Å²) in [6.07, 6.45) is 5.79. The van der Waals surface area contributed by atoms with Crippen molar-refractivity contribution in [1.29, 1.82) is 5.26 Å². The topological polar surface area (TPSA) is 70.0 Å². The number of nitrogens with zero attached hydrogens (tertiary/aromatic N) is 1. The number of hydrogen-bond acceptors (Lipinski definition) is 3. The highest BCUT2D eigenvalue weighted by molar-refractivity contribution is 6.33. The molecule has 0 aliphatic heterocycles. The number of nitrogens with one attached hydrogen (secondary N) is 1. The third kappa shape index (κ3) is 4.32. The van der Waals surface area contributed by atoms with Gasteiger partial charge in [-0.15, -0.1) is 0 Å². The van der Waals surface area contributed by atoms with Crippen LogP contribution in [0.25, 0.3) is 0 Å². The van der Waals surface area contributed by atoms with Gasteiger partial charge in [0.2, 0.25) is 5.91 Å². The van der Waals surface area contributed by atoms with E-state index in [4.69, 9.17) is 16.9 Å². The summed E-state index contributed by atoms with van der Waals surface area (Å²) < 4.78 is 0. The van der Waals surface area contributed by atoms with Crippen molar-refractivity contribution in [3.05, 3.63) is 29.3 Å². The molecule has 0 saturated heterocycles. The Morgan fingerprint density at radius 2 is 2.00 bits per heavy atom. The van der Waals surface area contributed by atoms with E-state index in [-0.39, 0.29) is 5.78 Å². The van der Waals surface area contributed by atoms with Crippen LogP contribution in [0.2, 0.25) is 5.02 Å². The third-order valence-corrected chi connectivity index (χ3v) is 4.45. The molecule has 1 aliphatic carbocycles. The van der Waals surface area contributed by atoms with Gasteiger partial charge in [-0.2, -0.15) is 5.26 Å². The normalized spacial score (nSPS) is 16.0. The fourth-order valence-corrected chi connectivity index (χ4v) is 3.02. The molecule has 1 N–H and O–H groups in total. The van der Waals surface area contributed by atoms with E-state index < -0.39 is 11.8 Å². The average Bonchev–Trinajstić information content (AvgIpc) is 3.01. The van der Waals surface area contributed by atoms with Crippen LogP contribution in [0.5, 0.6) is 0 Å². The number of benzene rings is 1. The maximum absolute atomic E-state index is 12.1. The highest BCUT2D eigenvalue weighted by Gasteiger charge is 2.27. The summed E-state index contributed by atoms with van der Waals surface area (Å²) in [5, 5.41) is 12.1. The molecule has 1 aromatic carbocycles. The number of para-hydroxylation sites is 1. The summed E-state index contributed by atoms with van der Waals surface area (Å²) in [6, 6.07) is 8.56. The lowest BCUT2D eigenvalue weighted by molar-refractivity contribution is -0.129. The molecular formula is C17H19ClN2O2. The Balaban J connectivity index is 1.92. The van der Waals surface area contributed by atoms with Crippen LogP contribution in [-0.2, 0) is 9.59 Å². The molecule has 0 heterocycles. The zero-order chi connectivity index (χ0) is 15.9. The van der Waals surface area contributed by atoms with E-state index in [1.807, 2.05) is 6.07 Å². The quantitative estimate of drug-likeness (QED) is 0.807. The SMILES string of the molecule is N#C[C@H](C(=O)CCC1CCCC1)C(=O)Nc1ccccc1Cl. The number of carbonyl (C=O) groups excluding carboxylic acids is 2. The molecule has 1 fully saturated rings. The summed E-state index contributed by atoms with van der Waals surface area (Å²) in [4.78, 5) is 24.3. The first-order valence-corrected chi connectivity index (χ1v) is 7.97. The Morgan fingerprint density at radius 3 is 2.64 bits per heavy atom. The molecule has 1 atom stereocenters. The van der Waals surface area contributed by atoms with E-state index >= 15 is 0 Å². The second kappa shape index (κ2) is 7.95. The van der Waals surface area contributed by atoms with Crippen LogP contribution in [0.4, 0.5) is 5.69 Å². The zero-order valence-corrected chi connectivity index (χ0v) is 13.1. The van der Waals surface area contributed by atoms with Gasteiger partial charge >= 0.3 is 0 Å². The van der Waals surface area contributed by atoms with Gasteiger partial charge < -0.3 is 5.32 Å².